The number of furan rings is 1. The van der Waals surface area contributed by atoms with Crippen molar-refractivity contribution < 1.29 is 28.3 Å². The number of rotatable bonds is 6. The number of ether oxygens (including phenoxy) is 2. The molecule has 1 aromatic heterocycles. The Labute approximate surface area is 156 Å². The number of ketones is 1. The van der Waals surface area contributed by atoms with Crippen LogP contribution in [-0.2, 0) is 14.3 Å². The topological polar surface area (TPSA) is 92.5 Å². The van der Waals surface area contributed by atoms with Crippen LogP contribution in [0.2, 0.25) is 0 Å². The van der Waals surface area contributed by atoms with Crippen molar-refractivity contribution in [2.75, 3.05) is 52.5 Å². The molecule has 0 spiro atoms. The average Bonchev–Trinajstić information content (AvgIpc) is 3.40. The van der Waals surface area contributed by atoms with Crippen LogP contribution in [0.4, 0.5) is 4.79 Å². The molecule has 3 aliphatic heterocycles. The van der Waals surface area contributed by atoms with Gasteiger partial charge in [0.25, 0.3) is 11.7 Å². The van der Waals surface area contributed by atoms with Gasteiger partial charge in [0.1, 0.15) is 6.10 Å². The van der Waals surface area contributed by atoms with Crippen molar-refractivity contribution in [1.29, 1.82) is 0 Å². The van der Waals surface area contributed by atoms with E-state index in [0.717, 1.165) is 39.3 Å². The molecule has 146 valence electrons. The molecule has 0 radical (unpaired) electrons. The minimum absolute atomic E-state index is 0.0245. The second kappa shape index (κ2) is 7.69. The monoisotopic (exact) mass is 377 g/mol. The van der Waals surface area contributed by atoms with Crippen LogP contribution in [0.15, 0.2) is 22.8 Å². The average molecular weight is 377 g/mol. The molecule has 3 saturated heterocycles. The first-order chi connectivity index (χ1) is 13.1. The van der Waals surface area contributed by atoms with Gasteiger partial charge >= 0.3 is 6.09 Å². The number of hydrogen-bond acceptors (Lipinski definition) is 7. The van der Waals surface area contributed by atoms with E-state index in [-0.39, 0.29) is 30.5 Å². The number of amides is 2. The molecule has 0 N–H and O–H groups in total. The lowest BCUT2D eigenvalue weighted by atomic mass is 10.2. The van der Waals surface area contributed by atoms with Crippen LogP contribution in [-0.4, -0.2) is 97.1 Å². The van der Waals surface area contributed by atoms with Gasteiger partial charge in [-0.1, -0.05) is 0 Å². The predicted octanol–water partition coefficient (Wildman–Crippen LogP) is 0.216. The lowest BCUT2D eigenvalue weighted by Gasteiger charge is -2.28. The smallest absolute Gasteiger partial charge is 0.410 e. The van der Waals surface area contributed by atoms with Crippen molar-refractivity contribution in [1.82, 2.24) is 14.7 Å². The van der Waals surface area contributed by atoms with E-state index in [9.17, 15) is 14.4 Å². The van der Waals surface area contributed by atoms with Gasteiger partial charge in [-0.2, -0.15) is 0 Å². The normalized spacial score (nSPS) is 25.6. The van der Waals surface area contributed by atoms with Crippen molar-refractivity contribution in [3.63, 3.8) is 0 Å². The van der Waals surface area contributed by atoms with E-state index in [1.165, 1.54) is 17.2 Å². The molecule has 3 aliphatic rings. The molecule has 0 aliphatic carbocycles. The van der Waals surface area contributed by atoms with Crippen LogP contribution in [0.25, 0.3) is 0 Å². The Hall–Kier alpha value is -2.39. The number of nitrogens with zero attached hydrogens (tertiary/aromatic N) is 3. The van der Waals surface area contributed by atoms with E-state index in [1.807, 2.05) is 0 Å². The zero-order valence-corrected chi connectivity index (χ0v) is 15.0. The van der Waals surface area contributed by atoms with Crippen molar-refractivity contribution in [3.8, 4) is 0 Å². The predicted molar refractivity (Wildman–Crippen MR) is 92.3 cm³/mol. The second-order valence-electron chi connectivity index (χ2n) is 7.01. The van der Waals surface area contributed by atoms with Crippen LogP contribution < -0.4 is 0 Å². The van der Waals surface area contributed by atoms with Crippen LogP contribution in [0.3, 0.4) is 0 Å². The van der Waals surface area contributed by atoms with E-state index in [1.54, 1.807) is 11.0 Å². The van der Waals surface area contributed by atoms with E-state index >= 15 is 0 Å². The molecule has 0 bridgehead atoms. The van der Waals surface area contributed by atoms with Gasteiger partial charge in [-0.25, -0.2) is 4.79 Å². The van der Waals surface area contributed by atoms with Crippen molar-refractivity contribution in [2.24, 2.45) is 0 Å². The molecule has 4 heterocycles. The SMILES string of the molecule is O=C(C(=O)N1C[C@@H]2OC(=O)N(CCCN3CCOCC3)[C@@H]2C1)c1ccco1. The Bertz CT molecular complexity index is 700. The minimum Gasteiger partial charge on any atom is -0.461 e. The largest absolute Gasteiger partial charge is 0.461 e. The van der Waals surface area contributed by atoms with E-state index in [4.69, 9.17) is 13.9 Å². The molecule has 3 fully saturated rings. The fraction of sp³-hybridized carbons (Fsp3) is 0.611. The number of carbonyl (C=O) groups excluding carboxylic acids is 3. The molecule has 2 amide bonds. The van der Waals surface area contributed by atoms with E-state index in [0.29, 0.717) is 13.1 Å². The van der Waals surface area contributed by atoms with Gasteiger partial charge in [0, 0.05) is 32.7 Å². The van der Waals surface area contributed by atoms with Gasteiger partial charge in [0.15, 0.2) is 5.76 Å². The lowest BCUT2D eigenvalue weighted by Crippen LogP contribution is -2.42. The van der Waals surface area contributed by atoms with Crippen LogP contribution in [0.1, 0.15) is 17.0 Å². The van der Waals surface area contributed by atoms with Gasteiger partial charge in [-0.3, -0.25) is 19.4 Å². The quantitative estimate of drug-likeness (QED) is 0.517. The number of fused-ring (bicyclic) bond motifs is 1. The third-order valence-corrected chi connectivity index (χ3v) is 5.33. The summed E-state index contributed by atoms with van der Waals surface area (Å²) in [5.74, 6) is -1.27. The summed E-state index contributed by atoms with van der Waals surface area (Å²) in [5, 5.41) is 0. The Morgan fingerprint density at radius 1 is 1.15 bits per heavy atom. The highest BCUT2D eigenvalue weighted by Gasteiger charge is 2.49. The standard InChI is InChI=1S/C18H23N3O6/c22-16(14-3-1-8-26-14)17(23)20-11-13-15(12-20)27-18(24)21(13)5-2-4-19-6-9-25-10-7-19/h1,3,8,13,15H,2,4-7,9-12H2/t13-,15+/m1/s1. The number of carbonyl (C=O) groups is 3. The molecular weight excluding hydrogens is 354 g/mol. The first-order valence-electron chi connectivity index (χ1n) is 9.28. The molecule has 0 saturated carbocycles. The summed E-state index contributed by atoms with van der Waals surface area (Å²) in [4.78, 5) is 42.2. The summed E-state index contributed by atoms with van der Waals surface area (Å²) >= 11 is 0. The van der Waals surface area contributed by atoms with E-state index < -0.39 is 11.7 Å². The molecular formula is C18H23N3O6. The Kier molecular flexibility index (Phi) is 5.13. The first-order valence-corrected chi connectivity index (χ1v) is 9.28. The molecule has 9 heteroatoms. The summed E-state index contributed by atoms with van der Waals surface area (Å²) in [6.07, 6.45) is 1.47. The zero-order valence-electron chi connectivity index (χ0n) is 15.0. The maximum Gasteiger partial charge on any atom is 0.410 e. The minimum atomic E-state index is -0.676. The third kappa shape index (κ3) is 3.70. The highest BCUT2D eigenvalue weighted by atomic mass is 16.6. The van der Waals surface area contributed by atoms with Gasteiger partial charge in [-0.05, 0) is 18.6 Å². The fourth-order valence-corrected chi connectivity index (χ4v) is 3.87. The summed E-state index contributed by atoms with van der Waals surface area (Å²) in [6.45, 7) is 5.33. The summed E-state index contributed by atoms with van der Waals surface area (Å²) in [7, 11) is 0. The highest BCUT2D eigenvalue weighted by molar-refractivity contribution is 6.42. The molecule has 0 unspecified atom stereocenters. The molecule has 9 nitrogen and oxygen atoms in total. The summed E-state index contributed by atoms with van der Waals surface area (Å²) < 4.78 is 15.8. The van der Waals surface area contributed by atoms with E-state index in [2.05, 4.69) is 4.90 Å². The maximum absolute atomic E-state index is 12.4. The summed E-state index contributed by atoms with van der Waals surface area (Å²) in [6, 6.07) is 2.84. The van der Waals surface area contributed by atoms with Gasteiger partial charge in [-0.15, -0.1) is 0 Å². The number of likely N-dealkylation sites (tertiary alicyclic amines) is 1. The maximum atomic E-state index is 12.4. The van der Waals surface area contributed by atoms with Crippen molar-refractivity contribution in [2.45, 2.75) is 18.6 Å². The lowest BCUT2D eigenvalue weighted by molar-refractivity contribution is -0.126. The summed E-state index contributed by atoms with van der Waals surface area (Å²) in [5.41, 5.74) is 0. The van der Waals surface area contributed by atoms with Gasteiger partial charge in [0.05, 0.1) is 32.1 Å². The highest BCUT2D eigenvalue weighted by Crippen LogP contribution is 2.27. The first kappa shape index (κ1) is 18.0. The molecule has 2 atom stereocenters. The Balaban J connectivity index is 1.31. The van der Waals surface area contributed by atoms with Gasteiger partial charge in [0.2, 0.25) is 0 Å². The number of hydrogen-bond donors (Lipinski definition) is 0. The zero-order chi connectivity index (χ0) is 18.8. The molecule has 1 aromatic rings. The van der Waals surface area contributed by atoms with Crippen LogP contribution in [0.5, 0.6) is 0 Å². The number of Topliss-reactive ketones (excluding diaryl/α,β-unsaturated/α-hetero) is 1. The molecule has 27 heavy (non-hydrogen) atoms. The van der Waals surface area contributed by atoms with Gasteiger partial charge < -0.3 is 18.8 Å². The van der Waals surface area contributed by atoms with Crippen LogP contribution in [0, 0.1) is 0 Å². The van der Waals surface area contributed by atoms with Crippen LogP contribution >= 0.6 is 0 Å². The fourth-order valence-electron chi connectivity index (χ4n) is 3.87. The van der Waals surface area contributed by atoms with Crippen molar-refractivity contribution >= 4 is 17.8 Å². The Morgan fingerprint density at radius 3 is 2.70 bits per heavy atom. The number of morpholine rings is 1. The molecule has 0 aromatic carbocycles. The molecule has 4 rings (SSSR count). The van der Waals surface area contributed by atoms with Crippen molar-refractivity contribution in [3.05, 3.63) is 24.2 Å². The second-order valence-corrected chi connectivity index (χ2v) is 7.01. The Morgan fingerprint density at radius 2 is 1.96 bits per heavy atom. The third-order valence-electron chi connectivity index (χ3n) is 5.33.